The van der Waals surface area contributed by atoms with Crippen molar-refractivity contribution < 1.29 is 58.0 Å². The van der Waals surface area contributed by atoms with Gasteiger partial charge in [-0.3, -0.25) is 38.4 Å². The number of nitrogens with zero attached hydrogens (tertiary/aromatic N) is 7. The number of esters is 2. The Bertz CT molecular complexity index is 5160. The van der Waals surface area contributed by atoms with Crippen molar-refractivity contribution in [2.75, 3.05) is 114 Å². The largest absolute Gasteiger partial charge is 0.481 e. The molecule has 752 valence electrons. The molecule has 0 radical (unpaired) electrons. The minimum absolute atomic E-state index is 0.0527. The van der Waals surface area contributed by atoms with E-state index >= 15 is 0 Å². The van der Waals surface area contributed by atoms with Crippen LogP contribution >= 0.6 is 15.9 Å². The molecule has 1 unspecified atom stereocenters. The molecule has 4 amide bonds. The summed E-state index contributed by atoms with van der Waals surface area (Å²) in [7, 11) is 7.30. The van der Waals surface area contributed by atoms with E-state index < -0.39 is 18.0 Å². The normalized spacial score (nSPS) is 10.4. The monoisotopic (exact) mass is 1980 g/mol. The van der Waals surface area contributed by atoms with E-state index in [0.29, 0.717) is 83.4 Å². The number of halogens is 1. The van der Waals surface area contributed by atoms with Gasteiger partial charge in [0.1, 0.15) is 43.0 Å². The number of carboxylic acids is 2. The molecule has 27 heteroatoms. The smallest absolute Gasteiger partial charge is 0.323 e. The first-order valence-electron chi connectivity index (χ1n) is 48.5. The maximum absolute atomic E-state index is 13.1. The van der Waals surface area contributed by atoms with Gasteiger partial charge in [0.25, 0.3) is 0 Å². The number of alkyl halides is 1. The summed E-state index contributed by atoms with van der Waals surface area (Å²) in [6.07, 6.45) is 19.4. The van der Waals surface area contributed by atoms with Gasteiger partial charge in [0.15, 0.2) is 0 Å². The number of nitrogens with two attached hydrogens (primary N) is 1. The lowest BCUT2D eigenvalue weighted by atomic mass is 10.1. The van der Waals surface area contributed by atoms with Gasteiger partial charge >= 0.3 is 23.9 Å². The van der Waals surface area contributed by atoms with Crippen LogP contribution in [0.1, 0.15) is 167 Å². The number of hydrogen-bond donors (Lipinski definition) is 9. The lowest BCUT2D eigenvalue weighted by Crippen LogP contribution is -2.44. The van der Waals surface area contributed by atoms with Crippen molar-refractivity contribution in [2.24, 2.45) is 11.7 Å². The first-order valence-corrected chi connectivity index (χ1v) is 49.7. The van der Waals surface area contributed by atoms with Crippen LogP contribution in [0.5, 0.6) is 0 Å². The molecule has 0 saturated carbocycles. The lowest BCUT2D eigenvalue weighted by Gasteiger charge is -2.23. The number of carbonyl (C=O) groups excluding carboxylic acids is 6. The summed E-state index contributed by atoms with van der Waals surface area (Å²) in [4.78, 5) is 117. The number of rotatable bonds is 49. The molecule has 0 spiro atoms. The Balaban J connectivity index is 0.000000357. The minimum Gasteiger partial charge on any atom is -0.481 e. The van der Waals surface area contributed by atoms with Crippen LogP contribution in [0.2, 0.25) is 0 Å². The van der Waals surface area contributed by atoms with Gasteiger partial charge in [-0.2, -0.15) is 0 Å². The number of carbonyl (C=O) groups is 8. The predicted molar refractivity (Wildman–Crippen MR) is 570 cm³/mol. The van der Waals surface area contributed by atoms with Crippen molar-refractivity contribution in [3.8, 4) is 0 Å². The van der Waals surface area contributed by atoms with E-state index in [1.54, 1.807) is 36.6 Å². The molecule has 0 aliphatic rings. The number of aromatic nitrogens is 4. The van der Waals surface area contributed by atoms with Gasteiger partial charge in [-0.05, 0) is 233 Å². The van der Waals surface area contributed by atoms with Gasteiger partial charge < -0.3 is 72.0 Å². The van der Waals surface area contributed by atoms with Crippen molar-refractivity contribution in [3.05, 3.63) is 347 Å². The minimum atomic E-state index is -0.987. The molecule has 7 aromatic carbocycles. The summed E-state index contributed by atoms with van der Waals surface area (Å²) in [6, 6.07) is 85.2. The zero-order valence-corrected chi connectivity index (χ0v) is 85.4. The Morgan fingerprint density at radius 3 is 0.957 bits per heavy atom. The van der Waals surface area contributed by atoms with Crippen LogP contribution < -0.4 is 37.6 Å². The van der Waals surface area contributed by atoms with Crippen LogP contribution in [-0.4, -0.2) is 191 Å². The highest BCUT2D eigenvalue weighted by atomic mass is 79.9. The van der Waals surface area contributed by atoms with Crippen molar-refractivity contribution in [1.29, 1.82) is 0 Å². The van der Waals surface area contributed by atoms with Gasteiger partial charge in [-0.1, -0.05) is 256 Å². The second-order valence-corrected chi connectivity index (χ2v) is 34.3. The summed E-state index contributed by atoms with van der Waals surface area (Å²) in [5.74, 6) is 1.15. The molecule has 1 atom stereocenters. The Kier molecular flexibility index (Phi) is 64.1. The lowest BCUT2D eigenvalue weighted by molar-refractivity contribution is -0.146. The van der Waals surface area contributed by atoms with Crippen LogP contribution in [0, 0.1) is 5.92 Å². The van der Waals surface area contributed by atoms with Crippen molar-refractivity contribution in [1.82, 2.24) is 45.3 Å². The molecular formula is C113H151BrN14O12. The highest BCUT2D eigenvalue weighted by Crippen LogP contribution is 2.18. The maximum atomic E-state index is 13.1. The number of carboxylic acid groups (broad SMARTS) is 2. The SMILES string of the molecule is CC(C)CC(=O)OCc1ccccc1.CCBr.CCN(CCc1ccccc1)C(=O)CCCc1ccnc(NC)c1.CCNCCc1ccccc1.CNc1cc(CCCC(=O)N(CCc2ccccc2)CC(=O)NC(C)CC(=O)OCc2ccccc2)ccn1.CNc1cc(CCCC(=O)N(CCc2ccccc2)CC(=O)O)ccn1.CNc1cc(CCCC(=O)O)ccn1.NCCc1ccccc1. The zero-order valence-electron chi connectivity index (χ0n) is 83.8. The van der Waals surface area contributed by atoms with E-state index in [1.165, 1.54) is 27.2 Å². The molecule has 4 heterocycles. The fourth-order valence-electron chi connectivity index (χ4n) is 13.8. The highest BCUT2D eigenvalue weighted by molar-refractivity contribution is 9.09. The third-order valence-electron chi connectivity index (χ3n) is 21.3. The Labute approximate surface area is 839 Å². The number of likely N-dealkylation sites (N-methyl/N-ethyl adjacent to an activating group) is 2. The number of nitrogens with one attached hydrogen (secondary N) is 6. The third kappa shape index (κ3) is 57.6. The molecule has 0 aliphatic carbocycles. The average molecular weight is 1980 g/mol. The van der Waals surface area contributed by atoms with Crippen LogP contribution in [0.15, 0.2) is 286 Å². The molecule has 10 N–H and O–H groups in total. The number of aliphatic carboxylic acids is 2. The second-order valence-electron chi connectivity index (χ2n) is 33.2. The highest BCUT2D eigenvalue weighted by Gasteiger charge is 2.22. The second kappa shape index (κ2) is 75.5. The molecule has 140 heavy (non-hydrogen) atoms. The molecule has 0 fully saturated rings. The molecule has 11 aromatic rings. The van der Waals surface area contributed by atoms with Crippen molar-refractivity contribution in [3.63, 3.8) is 0 Å². The van der Waals surface area contributed by atoms with Gasteiger partial charge in [-0.15, -0.1) is 0 Å². The number of aryl methyl sites for hydroxylation is 4. The Morgan fingerprint density at radius 2 is 0.657 bits per heavy atom. The van der Waals surface area contributed by atoms with Gasteiger partial charge in [0, 0.05) is 123 Å². The van der Waals surface area contributed by atoms with Crippen LogP contribution in [0.4, 0.5) is 23.3 Å². The molecule has 0 bridgehead atoms. The van der Waals surface area contributed by atoms with Gasteiger partial charge in [0.05, 0.1) is 13.0 Å². The van der Waals surface area contributed by atoms with E-state index in [4.69, 9.17) is 25.4 Å². The quantitative estimate of drug-likeness (QED) is 0.00971. The average Bonchev–Trinajstić information content (AvgIpc) is 0.877. The number of amides is 4. The number of benzene rings is 7. The van der Waals surface area contributed by atoms with Crippen LogP contribution in [0.25, 0.3) is 0 Å². The molecular weight excluding hydrogens is 1830 g/mol. The topological polar surface area (TPSA) is 355 Å². The van der Waals surface area contributed by atoms with Crippen molar-refractivity contribution >= 4 is 86.7 Å². The van der Waals surface area contributed by atoms with E-state index in [0.717, 1.165) is 152 Å². The predicted octanol–water partition coefficient (Wildman–Crippen LogP) is 19.0. The number of anilines is 4. The first-order chi connectivity index (χ1) is 67.9. The standard InChI is InChI=1S/C31H38N4O4.C20H25N3O3.C20H27N3O.C12H16O2.C10H14N2O2.C10H15N.C8H11N.C2H5Br/c1-24(20-31(38)39-23-27-12-7-4-8-13-27)34-29(36)22-35(19-17-25-10-5-3-6-11-25)30(37)15-9-14-26-16-18-33-28(21-26)32-2;1-21-18-14-17(10-12-22-18)8-5-9-19(24)23(15-20(25)26)13-11-16-6-3-2-4-7-16;1-3-23(15-13-17-8-5-4-6-9-17)20(24)11-7-10-18-12-14-22-19(16-18)21-2;1-10(2)8-12(13)14-9-11-6-4-3-5-7-11;1-11-9-7-8(5-6-12-9)3-2-4-10(13)14;1-2-11-9-8-10-6-4-3-5-7-10;9-7-6-8-4-2-1-3-5-8;1-2-3/h3-8,10-13,16,18,21,24H,9,14-15,17,19-20,22-23H2,1-2H3,(H,32,33)(H,34,36);2-4,6-7,10,12,14H,5,8-9,11,13,15H2,1H3,(H,21,22)(H,25,26);4-6,8-9,12,14,16H,3,7,10-11,13,15H2,1-2H3,(H,21,22);3-7,10H,8-9H2,1-2H3;5-7H,2-4H2,1H3,(H,11,12)(H,13,14);3-7,11H,2,8-9H2,1H3;1-5H,6-7,9H2;2H2,1H3. The van der Waals surface area contributed by atoms with Crippen molar-refractivity contribution in [2.45, 2.75) is 183 Å². The Hall–Kier alpha value is -13.5. The van der Waals surface area contributed by atoms with E-state index in [1.807, 2.05) is 267 Å². The van der Waals surface area contributed by atoms with E-state index in [-0.39, 0.29) is 68.1 Å². The summed E-state index contributed by atoms with van der Waals surface area (Å²) < 4.78 is 10.4. The zero-order chi connectivity index (χ0) is 102. The molecule has 0 aliphatic heterocycles. The number of pyridine rings is 4. The summed E-state index contributed by atoms with van der Waals surface area (Å²) in [6.45, 7) is 17.5. The maximum Gasteiger partial charge on any atom is 0.323 e. The Morgan fingerprint density at radius 1 is 0.364 bits per heavy atom. The van der Waals surface area contributed by atoms with Gasteiger partial charge in [0.2, 0.25) is 23.6 Å². The molecule has 0 saturated heterocycles. The fourth-order valence-corrected chi connectivity index (χ4v) is 13.8. The number of hydrogen-bond acceptors (Lipinski definition) is 20. The van der Waals surface area contributed by atoms with E-state index in [2.05, 4.69) is 129 Å². The summed E-state index contributed by atoms with van der Waals surface area (Å²) in [5.41, 5.74) is 18.0. The number of ether oxygens (including phenoxy) is 2. The van der Waals surface area contributed by atoms with Crippen LogP contribution in [-0.2, 0) is 119 Å². The summed E-state index contributed by atoms with van der Waals surface area (Å²) >= 11 is 3.15. The van der Waals surface area contributed by atoms with Crippen LogP contribution in [0.3, 0.4) is 0 Å². The third-order valence-corrected chi connectivity index (χ3v) is 21.3. The summed E-state index contributed by atoms with van der Waals surface area (Å²) in [5, 5.41) is 36.7. The van der Waals surface area contributed by atoms with Gasteiger partial charge in [-0.25, -0.2) is 19.9 Å². The first kappa shape index (κ1) is 119. The fraction of sp³-hybridized carbons (Fsp3) is 0.381. The molecule has 26 nitrogen and oxygen atoms in total. The molecule has 11 rings (SSSR count). The van der Waals surface area contributed by atoms with E-state index in [9.17, 15) is 38.4 Å². The molecule has 4 aromatic heterocycles.